The van der Waals surface area contributed by atoms with Crippen molar-refractivity contribution in [3.8, 4) is 11.6 Å². The molecule has 152 valence electrons. The number of sulfone groups is 1. The van der Waals surface area contributed by atoms with Crippen LogP contribution in [0.2, 0.25) is 0 Å². The van der Waals surface area contributed by atoms with Crippen molar-refractivity contribution >= 4 is 15.8 Å². The fourth-order valence-corrected chi connectivity index (χ4v) is 3.40. The molecule has 1 saturated heterocycles. The molecular weight excluding hydrogens is 397 g/mol. The third kappa shape index (κ3) is 5.10. The second-order valence-electron chi connectivity index (χ2n) is 6.45. The first-order chi connectivity index (χ1) is 13.1. The minimum absolute atomic E-state index is 0.00750. The predicted molar refractivity (Wildman–Crippen MR) is 96.2 cm³/mol. The summed E-state index contributed by atoms with van der Waals surface area (Å²) < 4.78 is 68.6. The topological polar surface area (TPSA) is 93.2 Å². The molecule has 0 amide bonds. The van der Waals surface area contributed by atoms with Crippen molar-refractivity contribution in [2.45, 2.75) is 30.0 Å². The number of hydrogen-bond acceptors (Lipinski definition) is 7. The SMILES string of the molecule is CS(=O)(=O)c1cccc(Oc2nc(NC3CCCNC3)ncc2C(F)(F)F)c1. The van der Waals surface area contributed by atoms with Crippen molar-refractivity contribution in [1.82, 2.24) is 15.3 Å². The number of halogens is 3. The molecule has 0 radical (unpaired) electrons. The largest absolute Gasteiger partial charge is 0.438 e. The first kappa shape index (κ1) is 20.3. The molecule has 1 atom stereocenters. The van der Waals surface area contributed by atoms with Crippen molar-refractivity contribution in [3.05, 3.63) is 36.0 Å². The van der Waals surface area contributed by atoms with Gasteiger partial charge in [-0.15, -0.1) is 0 Å². The van der Waals surface area contributed by atoms with E-state index in [1.807, 2.05) is 0 Å². The molecule has 3 rings (SSSR count). The van der Waals surface area contributed by atoms with E-state index in [2.05, 4.69) is 20.6 Å². The van der Waals surface area contributed by atoms with Crippen LogP contribution in [0.5, 0.6) is 11.6 Å². The predicted octanol–water partition coefficient (Wildman–Crippen LogP) is 2.86. The van der Waals surface area contributed by atoms with Crippen LogP contribution in [0.15, 0.2) is 35.4 Å². The Balaban J connectivity index is 1.91. The summed E-state index contributed by atoms with van der Waals surface area (Å²) in [5.74, 6) is -0.757. The highest BCUT2D eigenvalue weighted by Gasteiger charge is 2.36. The number of nitrogens with zero attached hydrogens (tertiary/aromatic N) is 2. The van der Waals surface area contributed by atoms with Gasteiger partial charge in [0.15, 0.2) is 9.84 Å². The quantitative estimate of drug-likeness (QED) is 0.774. The highest BCUT2D eigenvalue weighted by atomic mass is 32.2. The lowest BCUT2D eigenvalue weighted by atomic mass is 10.1. The van der Waals surface area contributed by atoms with E-state index >= 15 is 0 Å². The third-order valence-electron chi connectivity index (χ3n) is 4.14. The van der Waals surface area contributed by atoms with Crippen LogP contribution < -0.4 is 15.4 Å². The van der Waals surface area contributed by atoms with Crippen LogP contribution >= 0.6 is 0 Å². The summed E-state index contributed by atoms with van der Waals surface area (Å²) in [6.45, 7) is 1.54. The zero-order chi connectivity index (χ0) is 20.4. The molecule has 1 aromatic carbocycles. The molecule has 0 saturated carbocycles. The molecule has 2 aromatic rings. The third-order valence-corrected chi connectivity index (χ3v) is 5.25. The van der Waals surface area contributed by atoms with Gasteiger partial charge < -0.3 is 15.4 Å². The molecule has 11 heteroatoms. The summed E-state index contributed by atoms with van der Waals surface area (Å²) in [5, 5.41) is 6.17. The molecule has 1 aliphatic heterocycles. The molecule has 1 aliphatic rings. The Bertz CT molecular complexity index is 945. The highest BCUT2D eigenvalue weighted by molar-refractivity contribution is 7.90. The number of aromatic nitrogens is 2. The molecular formula is C17H19F3N4O3S. The van der Waals surface area contributed by atoms with Gasteiger partial charge in [-0.1, -0.05) is 6.07 Å². The Hall–Kier alpha value is -2.40. The minimum Gasteiger partial charge on any atom is -0.438 e. The van der Waals surface area contributed by atoms with Gasteiger partial charge in [-0.2, -0.15) is 18.2 Å². The standard InChI is InChI=1S/C17H19F3N4O3S/c1-28(25,26)13-6-2-5-12(8-13)27-15-14(17(18,19)20)10-22-16(24-15)23-11-4-3-7-21-9-11/h2,5-6,8,10-11,21H,3-4,7,9H2,1H3,(H,22,23,24). The normalized spacial score (nSPS) is 17.9. The lowest BCUT2D eigenvalue weighted by Crippen LogP contribution is -2.38. The van der Waals surface area contributed by atoms with Crippen molar-refractivity contribution in [3.63, 3.8) is 0 Å². The molecule has 28 heavy (non-hydrogen) atoms. The van der Waals surface area contributed by atoms with E-state index in [1.54, 1.807) is 0 Å². The number of alkyl halides is 3. The lowest BCUT2D eigenvalue weighted by molar-refractivity contribution is -0.139. The first-order valence-corrected chi connectivity index (χ1v) is 10.4. The zero-order valence-electron chi connectivity index (χ0n) is 15.0. The maximum Gasteiger partial charge on any atom is 0.423 e. The summed E-state index contributed by atoms with van der Waals surface area (Å²) >= 11 is 0. The number of nitrogens with one attached hydrogen (secondary N) is 2. The number of rotatable bonds is 5. The van der Waals surface area contributed by atoms with E-state index in [4.69, 9.17) is 4.74 Å². The van der Waals surface area contributed by atoms with Gasteiger partial charge in [-0.05, 0) is 37.6 Å². The molecule has 1 aromatic heterocycles. The van der Waals surface area contributed by atoms with Crippen molar-refractivity contribution in [2.24, 2.45) is 0 Å². The number of anilines is 1. The smallest absolute Gasteiger partial charge is 0.423 e. The summed E-state index contributed by atoms with van der Waals surface area (Å²) in [5.41, 5.74) is -1.15. The molecule has 1 fully saturated rings. The van der Waals surface area contributed by atoms with E-state index < -0.39 is 27.5 Å². The van der Waals surface area contributed by atoms with E-state index in [1.165, 1.54) is 18.2 Å². The van der Waals surface area contributed by atoms with Crippen LogP contribution in [0.3, 0.4) is 0 Å². The fourth-order valence-electron chi connectivity index (χ4n) is 2.75. The van der Waals surface area contributed by atoms with Crippen LogP contribution in [-0.2, 0) is 16.0 Å². The average molecular weight is 416 g/mol. The van der Waals surface area contributed by atoms with E-state index in [-0.39, 0.29) is 22.6 Å². The average Bonchev–Trinajstić information content (AvgIpc) is 2.61. The molecule has 0 spiro atoms. The van der Waals surface area contributed by atoms with Gasteiger partial charge in [0, 0.05) is 25.0 Å². The molecule has 2 heterocycles. The number of hydrogen-bond donors (Lipinski definition) is 2. The number of ether oxygens (including phenoxy) is 1. The van der Waals surface area contributed by atoms with Crippen LogP contribution in [0, 0.1) is 0 Å². The van der Waals surface area contributed by atoms with Crippen LogP contribution in [-0.4, -0.2) is 43.8 Å². The number of benzene rings is 1. The van der Waals surface area contributed by atoms with Crippen molar-refractivity contribution < 1.29 is 26.3 Å². The summed E-state index contributed by atoms with van der Waals surface area (Å²) in [4.78, 5) is 7.56. The molecule has 0 aliphatic carbocycles. The first-order valence-electron chi connectivity index (χ1n) is 8.52. The Kier molecular flexibility index (Phi) is 5.75. The Morgan fingerprint density at radius 1 is 1.32 bits per heavy atom. The van der Waals surface area contributed by atoms with E-state index in [0.29, 0.717) is 12.7 Å². The zero-order valence-corrected chi connectivity index (χ0v) is 15.8. The maximum atomic E-state index is 13.3. The van der Waals surface area contributed by atoms with Gasteiger partial charge in [0.2, 0.25) is 11.8 Å². The Morgan fingerprint density at radius 2 is 2.11 bits per heavy atom. The van der Waals surface area contributed by atoms with Crippen LogP contribution in [0.4, 0.5) is 19.1 Å². The summed E-state index contributed by atoms with van der Waals surface area (Å²) in [7, 11) is -3.54. The van der Waals surface area contributed by atoms with Gasteiger partial charge in [0.05, 0.1) is 4.90 Å². The fraction of sp³-hybridized carbons (Fsp3) is 0.412. The second-order valence-corrected chi connectivity index (χ2v) is 8.46. The molecule has 1 unspecified atom stereocenters. The van der Waals surface area contributed by atoms with Crippen molar-refractivity contribution in [2.75, 3.05) is 24.7 Å². The molecule has 0 bridgehead atoms. The van der Waals surface area contributed by atoms with Crippen LogP contribution in [0.1, 0.15) is 18.4 Å². The summed E-state index contributed by atoms with van der Waals surface area (Å²) in [6, 6.07) is 5.21. The monoisotopic (exact) mass is 416 g/mol. The number of piperidine rings is 1. The summed E-state index contributed by atoms with van der Waals surface area (Å²) in [6.07, 6.45) is -1.31. The van der Waals surface area contributed by atoms with Gasteiger partial charge in [-0.25, -0.2) is 13.4 Å². The van der Waals surface area contributed by atoms with Crippen LogP contribution in [0.25, 0.3) is 0 Å². The minimum atomic E-state index is -4.73. The molecule has 2 N–H and O–H groups in total. The second kappa shape index (κ2) is 7.92. The van der Waals surface area contributed by atoms with Crippen molar-refractivity contribution in [1.29, 1.82) is 0 Å². The Morgan fingerprint density at radius 3 is 2.75 bits per heavy atom. The van der Waals surface area contributed by atoms with E-state index in [0.717, 1.165) is 31.7 Å². The highest BCUT2D eigenvalue weighted by Crippen LogP contribution is 2.37. The lowest BCUT2D eigenvalue weighted by Gasteiger charge is -2.24. The van der Waals surface area contributed by atoms with Gasteiger partial charge in [0.1, 0.15) is 11.3 Å². The van der Waals surface area contributed by atoms with Gasteiger partial charge >= 0.3 is 6.18 Å². The maximum absolute atomic E-state index is 13.3. The van der Waals surface area contributed by atoms with E-state index in [9.17, 15) is 21.6 Å². The molecule has 7 nitrogen and oxygen atoms in total. The Labute approximate surface area is 160 Å². The van der Waals surface area contributed by atoms with Gasteiger partial charge in [0.25, 0.3) is 0 Å². The van der Waals surface area contributed by atoms with Gasteiger partial charge in [-0.3, -0.25) is 0 Å².